The number of fused-ring (bicyclic) bond motifs is 2. The van der Waals surface area contributed by atoms with Gasteiger partial charge in [0.2, 0.25) is 27.6 Å². The predicted octanol–water partition coefficient (Wildman–Crippen LogP) is 3.78. The number of likely N-dealkylation sites (tertiary alicyclic amines) is 1. The average Bonchev–Trinajstić information content (AvgIpc) is 3.61. The highest BCUT2D eigenvalue weighted by molar-refractivity contribution is 7.88. The largest absolute Gasteiger partial charge is 0.344 e. The van der Waals surface area contributed by atoms with Crippen molar-refractivity contribution in [1.29, 1.82) is 0 Å². The molecule has 282 valence electrons. The lowest BCUT2D eigenvalue weighted by atomic mass is 9.79. The Morgan fingerprint density at radius 3 is 2.10 bits per heavy atom. The zero-order valence-electron chi connectivity index (χ0n) is 31.1. The van der Waals surface area contributed by atoms with Gasteiger partial charge in [-0.2, -0.15) is 0 Å². The summed E-state index contributed by atoms with van der Waals surface area (Å²) in [5.74, 6) is -1.37. The molecule has 5 rings (SSSR count). The second-order valence-electron chi connectivity index (χ2n) is 17.3. The van der Waals surface area contributed by atoms with Gasteiger partial charge in [0.1, 0.15) is 12.1 Å². The smallest absolute Gasteiger partial charge is 0.315 e. The third-order valence-electron chi connectivity index (χ3n) is 12.9. The van der Waals surface area contributed by atoms with E-state index in [1.54, 1.807) is 11.8 Å². The lowest BCUT2D eigenvalue weighted by molar-refractivity contribution is -0.144. The molecule has 0 radical (unpaired) electrons. The van der Waals surface area contributed by atoms with Crippen LogP contribution in [0, 0.1) is 34.5 Å². The van der Waals surface area contributed by atoms with Gasteiger partial charge in [0.15, 0.2) is 5.78 Å². The molecule has 1 heterocycles. The Labute approximate surface area is 299 Å². The van der Waals surface area contributed by atoms with E-state index in [1.807, 2.05) is 20.8 Å². The van der Waals surface area contributed by atoms with Crippen LogP contribution in [0.4, 0.5) is 4.79 Å². The van der Waals surface area contributed by atoms with Crippen molar-refractivity contribution in [1.82, 2.24) is 25.2 Å². The molecule has 0 bridgehead atoms. The van der Waals surface area contributed by atoms with Gasteiger partial charge < -0.3 is 20.9 Å². The van der Waals surface area contributed by atoms with E-state index in [1.165, 1.54) is 11.4 Å². The molecule has 13 heteroatoms. The number of sulfonamides is 1. The summed E-state index contributed by atoms with van der Waals surface area (Å²) >= 11 is 0. The van der Waals surface area contributed by atoms with Gasteiger partial charge in [-0.25, -0.2) is 17.5 Å². The first-order valence-electron chi connectivity index (χ1n) is 19.1. The average molecular weight is 720 g/mol. The molecule has 1 saturated heterocycles. The Balaban J connectivity index is 1.39. The molecule has 4 aliphatic carbocycles. The summed E-state index contributed by atoms with van der Waals surface area (Å²) in [5.41, 5.74) is -0.338. The molecule has 6 atom stereocenters. The minimum Gasteiger partial charge on any atom is -0.344 e. The van der Waals surface area contributed by atoms with E-state index in [0.29, 0.717) is 13.0 Å². The van der Waals surface area contributed by atoms with Crippen LogP contribution in [0.5, 0.6) is 0 Å². The maximum absolute atomic E-state index is 14.9. The lowest BCUT2D eigenvalue weighted by Gasteiger charge is -2.37. The fraction of sp³-hybridized carbons (Fsp3) is 0.865. The number of amides is 4. The van der Waals surface area contributed by atoms with Crippen LogP contribution < -0.4 is 16.0 Å². The molecule has 3 N–H and O–H groups in total. The molecule has 5 fully saturated rings. The summed E-state index contributed by atoms with van der Waals surface area (Å²) in [7, 11) is -2.01. The lowest BCUT2D eigenvalue weighted by Crippen LogP contribution is -2.61. The van der Waals surface area contributed by atoms with E-state index in [9.17, 15) is 32.4 Å². The van der Waals surface area contributed by atoms with E-state index >= 15 is 0 Å². The minimum absolute atomic E-state index is 0.0413. The second-order valence-corrected chi connectivity index (χ2v) is 19.4. The molecule has 4 saturated carbocycles. The van der Waals surface area contributed by atoms with Crippen LogP contribution in [0.25, 0.3) is 0 Å². The zero-order chi connectivity index (χ0) is 36.6. The van der Waals surface area contributed by atoms with Gasteiger partial charge in [0.25, 0.3) is 0 Å². The van der Waals surface area contributed by atoms with Crippen LogP contribution in [0.15, 0.2) is 0 Å². The third kappa shape index (κ3) is 8.56. The van der Waals surface area contributed by atoms with E-state index in [-0.39, 0.29) is 53.9 Å². The van der Waals surface area contributed by atoms with Gasteiger partial charge in [-0.05, 0) is 79.4 Å². The first kappa shape index (κ1) is 38.7. The molecule has 12 nitrogen and oxygen atoms in total. The van der Waals surface area contributed by atoms with Crippen molar-refractivity contribution in [3.63, 3.8) is 0 Å². The van der Waals surface area contributed by atoms with Crippen LogP contribution in [0.1, 0.15) is 118 Å². The van der Waals surface area contributed by atoms with Crippen molar-refractivity contribution in [2.24, 2.45) is 34.5 Å². The Morgan fingerprint density at radius 2 is 1.56 bits per heavy atom. The monoisotopic (exact) mass is 719 g/mol. The normalized spacial score (nSPS) is 26.9. The van der Waals surface area contributed by atoms with E-state index in [2.05, 4.69) is 16.0 Å². The topological polar surface area (TPSA) is 162 Å². The van der Waals surface area contributed by atoms with Crippen LogP contribution >= 0.6 is 0 Å². The van der Waals surface area contributed by atoms with Gasteiger partial charge in [0, 0.05) is 32.6 Å². The van der Waals surface area contributed by atoms with Crippen molar-refractivity contribution in [2.45, 2.75) is 142 Å². The Hall–Kier alpha value is -2.54. The highest BCUT2D eigenvalue weighted by atomic mass is 32.2. The highest BCUT2D eigenvalue weighted by Crippen LogP contribution is 2.66. The molecular weight excluding hydrogens is 659 g/mol. The van der Waals surface area contributed by atoms with E-state index < -0.39 is 57.2 Å². The van der Waals surface area contributed by atoms with Crippen molar-refractivity contribution in [3.05, 3.63) is 0 Å². The fourth-order valence-corrected chi connectivity index (χ4v) is 9.54. The molecule has 1 unspecified atom stereocenters. The third-order valence-corrected chi connectivity index (χ3v) is 14.2. The number of carbonyl (C=O) groups excluding carboxylic acids is 5. The predicted molar refractivity (Wildman–Crippen MR) is 190 cm³/mol. The standard InChI is InChI=1S/C37H61N5O7S/c1-7-28(43)32(44)27(20-23-12-11-13-23)38-33(45)31-25-16-17-37(18-19-37)26(25)21-42(31)34(46)30(24-14-9-8-10-15-24)40-35(47)39-29(36(2,3)4)22-41(5)50(6,48)49/h23-27,29-31H,7-22H2,1-6H3,(H,38,45)(H2,39,40,47)/t25-,26-,27?,29+,30-,31-/m0/s1. The number of urea groups is 1. The van der Waals surface area contributed by atoms with Crippen molar-refractivity contribution < 1.29 is 32.4 Å². The number of hydrogen-bond acceptors (Lipinski definition) is 7. The zero-order valence-corrected chi connectivity index (χ0v) is 31.9. The van der Waals surface area contributed by atoms with Gasteiger partial charge in [-0.15, -0.1) is 0 Å². The highest BCUT2D eigenvalue weighted by Gasteiger charge is 2.64. The molecular formula is C37H61N5O7S. The number of likely N-dealkylation sites (N-methyl/N-ethyl adjacent to an activating group) is 1. The molecule has 1 aliphatic heterocycles. The summed E-state index contributed by atoms with van der Waals surface area (Å²) in [5, 5.41) is 9.00. The van der Waals surface area contributed by atoms with Crippen LogP contribution in [-0.2, 0) is 29.2 Å². The quantitative estimate of drug-likeness (QED) is 0.230. The Morgan fingerprint density at radius 1 is 0.900 bits per heavy atom. The molecule has 1 spiro atoms. The fourth-order valence-electron chi connectivity index (χ4n) is 9.12. The number of ketones is 2. The molecule has 5 aliphatic rings. The second kappa shape index (κ2) is 15.2. The van der Waals surface area contributed by atoms with Crippen molar-refractivity contribution >= 4 is 39.4 Å². The number of Topliss-reactive ketones (excluding diaryl/α,β-unsaturated/α-hetero) is 2. The number of rotatable bonds is 14. The number of nitrogens with one attached hydrogen (secondary N) is 3. The molecule has 50 heavy (non-hydrogen) atoms. The van der Waals surface area contributed by atoms with Crippen molar-refractivity contribution in [2.75, 3.05) is 26.4 Å². The first-order chi connectivity index (χ1) is 23.4. The molecule has 4 amide bonds. The number of hydrogen-bond donors (Lipinski definition) is 3. The van der Waals surface area contributed by atoms with E-state index in [4.69, 9.17) is 0 Å². The maximum atomic E-state index is 14.9. The summed E-state index contributed by atoms with van der Waals surface area (Å²) in [4.78, 5) is 70.5. The van der Waals surface area contributed by atoms with Gasteiger partial charge in [-0.3, -0.25) is 19.2 Å². The summed E-state index contributed by atoms with van der Waals surface area (Å²) in [6.07, 6.45) is 13.2. The van der Waals surface area contributed by atoms with Crippen LogP contribution in [0.3, 0.4) is 0 Å². The number of nitrogens with zero attached hydrogens (tertiary/aromatic N) is 2. The van der Waals surface area contributed by atoms with Crippen LogP contribution in [-0.4, -0.2) is 97.6 Å². The Bertz CT molecular complexity index is 1410. The first-order valence-corrected chi connectivity index (χ1v) is 21.0. The van der Waals surface area contributed by atoms with E-state index in [0.717, 1.165) is 83.3 Å². The Kier molecular flexibility index (Phi) is 11.8. The minimum atomic E-state index is -3.49. The van der Waals surface area contributed by atoms with Gasteiger partial charge >= 0.3 is 6.03 Å². The molecule has 0 aromatic rings. The SMILES string of the molecule is CCC(=O)C(=O)C(CC1CCC1)NC(=O)[C@@H]1[C@H]2CCC3(CC3)[C@H]2CN1C(=O)[C@@H](NC(=O)N[C@H](CN(C)S(C)(=O)=O)C(C)(C)C)C1CCCCC1. The molecule has 0 aromatic carbocycles. The summed E-state index contributed by atoms with van der Waals surface area (Å²) < 4.78 is 25.7. The summed E-state index contributed by atoms with van der Waals surface area (Å²) in [6, 6.07) is -3.62. The summed E-state index contributed by atoms with van der Waals surface area (Å²) in [6.45, 7) is 7.94. The number of carbonyl (C=O) groups is 5. The van der Waals surface area contributed by atoms with Crippen molar-refractivity contribution in [3.8, 4) is 0 Å². The van der Waals surface area contributed by atoms with Gasteiger partial charge in [-0.1, -0.05) is 66.2 Å². The molecule has 0 aromatic heterocycles. The maximum Gasteiger partial charge on any atom is 0.315 e. The van der Waals surface area contributed by atoms with Crippen LogP contribution in [0.2, 0.25) is 0 Å². The van der Waals surface area contributed by atoms with Gasteiger partial charge in [0.05, 0.1) is 12.3 Å².